The molecule has 4 nitrogen and oxygen atoms in total. The fourth-order valence-electron chi connectivity index (χ4n) is 3.36. The van der Waals surface area contributed by atoms with Crippen molar-refractivity contribution >= 4 is 17.3 Å². The van der Waals surface area contributed by atoms with Gasteiger partial charge in [-0.15, -0.1) is 0 Å². The Morgan fingerprint density at radius 3 is 2.56 bits per heavy atom. The summed E-state index contributed by atoms with van der Waals surface area (Å²) < 4.78 is 5.62. The molecule has 1 heterocycles. The van der Waals surface area contributed by atoms with Gasteiger partial charge >= 0.3 is 5.97 Å². The Morgan fingerprint density at radius 1 is 1.16 bits per heavy atom. The first-order valence-corrected chi connectivity index (χ1v) is 8.84. The molecule has 2 aromatic carbocycles. The van der Waals surface area contributed by atoms with Crippen LogP contribution in [0.25, 0.3) is 0 Å². The Labute approximate surface area is 149 Å². The molecule has 0 radical (unpaired) electrons. The van der Waals surface area contributed by atoms with E-state index in [9.17, 15) is 4.79 Å². The van der Waals surface area contributed by atoms with Crippen molar-refractivity contribution in [3.05, 3.63) is 60.2 Å². The van der Waals surface area contributed by atoms with E-state index in [0.717, 1.165) is 23.5 Å². The van der Waals surface area contributed by atoms with Crippen LogP contribution >= 0.6 is 0 Å². The molecule has 1 aliphatic rings. The minimum Gasteiger partial charge on any atom is -0.459 e. The average Bonchev–Trinajstić information content (AvgIpc) is 2.60. The number of fused-ring (bicyclic) bond motifs is 1. The van der Waals surface area contributed by atoms with Gasteiger partial charge in [0, 0.05) is 12.1 Å². The topological polar surface area (TPSA) is 41.6 Å². The average molecular weight is 338 g/mol. The first-order chi connectivity index (χ1) is 12.0. The van der Waals surface area contributed by atoms with E-state index in [1.807, 2.05) is 49.4 Å². The fraction of sp³-hybridized carbons (Fsp3) is 0.381. The molecule has 25 heavy (non-hydrogen) atoms. The van der Waals surface area contributed by atoms with Crippen molar-refractivity contribution in [2.24, 2.45) is 0 Å². The molecular weight excluding hydrogens is 312 g/mol. The van der Waals surface area contributed by atoms with Crippen LogP contribution in [0.4, 0.5) is 11.4 Å². The summed E-state index contributed by atoms with van der Waals surface area (Å²) in [7, 11) is 0. The molecule has 0 saturated carbocycles. The molecular formula is C21H26N2O2. The lowest BCUT2D eigenvalue weighted by atomic mass is 9.97. The van der Waals surface area contributed by atoms with Crippen LogP contribution in [0.2, 0.25) is 0 Å². The lowest BCUT2D eigenvalue weighted by Crippen LogP contribution is -2.54. The highest BCUT2D eigenvalue weighted by Crippen LogP contribution is 2.36. The first kappa shape index (κ1) is 17.3. The highest BCUT2D eigenvalue weighted by atomic mass is 16.5. The van der Waals surface area contributed by atoms with Crippen molar-refractivity contribution in [1.29, 1.82) is 0 Å². The first-order valence-electron chi connectivity index (χ1n) is 8.84. The Balaban J connectivity index is 1.79. The largest absolute Gasteiger partial charge is 0.459 e. The van der Waals surface area contributed by atoms with Crippen LogP contribution in [0, 0.1) is 0 Å². The molecule has 1 unspecified atom stereocenters. The normalized spacial score (nSPS) is 16.5. The number of carbonyl (C=O) groups excluding carboxylic acids is 1. The quantitative estimate of drug-likeness (QED) is 0.829. The maximum atomic E-state index is 12.8. The Kier molecular flexibility index (Phi) is 4.98. The molecule has 1 atom stereocenters. The van der Waals surface area contributed by atoms with Crippen molar-refractivity contribution in [2.45, 2.75) is 45.4 Å². The highest BCUT2D eigenvalue weighted by molar-refractivity contribution is 5.84. The number of anilines is 2. The summed E-state index contributed by atoms with van der Waals surface area (Å²) in [4.78, 5) is 15.0. The fourth-order valence-corrected chi connectivity index (χ4v) is 3.36. The van der Waals surface area contributed by atoms with E-state index < -0.39 is 0 Å². The third kappa shape index (κ3) is 3.95. The second-order valence-electron chi connectivity index (χ2n) is 7.17. The lowest BCUT2D eigenvalue weighted by Gasteiger charge is -2.44. The van der Waals surface area contributed by atoms with Crippen LogP contribution < -0.4 is 10.2 Å². The van der Waals surface area contributed by atoms with Crippen LogP contribution in [0.1, 0.15) is 32.8 Å². The summed E-state index contributed by atoms with van der Waals surface area (Å²) in [5.41, 5.74) is 3.02. The molecule has 1 N–H and O–H groups in total. The molecule has 0 aromatic heterocycles. The van der Waals surface area contributed by atoms with E-state index in [1.54, 1.807) is 0 Å². The van der Waals surface area contributed by atoms with E-state index in [-0.39, 0.29) is 17.6 Å². The van der Waals surface area contributed by atoms with Gasteiger partial charge in [-0.25, -0.2) is 4.79 Å². The SMILES string of the molecule is CCC(C(=O)OCc1ccccc1)N1CC(C)(C)Nc2ccccc21. The Hall–Kier alpha value is -2.49. The maximum absolute atomic E-state index is 12.8. The minimum atomic E-state index is -0.286. The second kappa shape index (κ2) is 7.18. The molecule has 0 amide bonds. The molecule has 0 fully saturated rings. The van der Waals surface area contributed by atoms with E-state index >= 15 is 0 Å². The summed E-state index contributed by atoms with van der Waals surface area (Å²) in [5, 5.41) is 3.55. The zero-order chi connectivity index (χ0) is 17.9. The van der Waals surface area contributed by atoms with Crippen LogP contribution in [-0.2, 0) is 16.1 Å². The number of nitrogens with one attached hydrogen (secondary N) is 1. The lowest BCUT2D eigenvalue weighted by molar-refractivity contribution is -0.146. The number of carbonyl (C=O) groups is 1. The number of para-hydroxylation sites is 2. The van der Waals surface area contributed by atoms with Crippen LogP contribution in [0.15, 0.2) is 54.6 Å². The zero-order valence-electron chi connectivity index (χ0n) is 15.2. The molecule has 4 heteroatoms. The Morgan fingerprint density at radius 2 is 1.84 bits per heavy atom. The van der Waals surface area contributed by atoms with Gasteiger partial charge in [-0.05, 0) is 38.0 Å². The summed E-state index contributed by atoms with van der Waals surface area (Å²) in [5.74, 6) is -0.168. The van der Waals surface area contributed by atoms with Gasteiger partial charge < -0.3 is 15.0 Å². The number of esters is 1. The van der Waals surface area contributed by atoms with E-state index in [4.69, 9.17) is 4.74 Å². The van der Waals surface area contributed by atoms with Gasteiger partial charge in [-0.3, -0.25) is 0 Å². The van der Waals surface area contributed by atoms with Crippen LogP contribution in [0.5, 0.6) is 0 Å². The summed E-state index contributed by atoms with van der Waals surface area (Å²) >= 11 is 0. The zero-order valence-corrected chi connectivity index (χ0v) is 15.2. The number of benzene rings is 2. The minimum absolute atomic E-state index is 0.110. The number of hydrogen-bond acceptors (Lipinski definition) is 4. The predicted molar refractivity (Wildman–Crippen MR) is 102 cm³/mol. The Bertz CT molecular complexity index is 728. The van der Waals surface area contributed by atoms with Gasteiger partial charge in [0.15, 0.2) is 0 Å². The van der Waals surface area contributed by atoms with Gasteiger partial charge in [-0.1, -0.05) is 49.4 Å². The van der Waals surface area contributed by atoms with Crippen molar-refractivity contribution in [1.82, 2.24) is 0 Å². The van der Waals surface area contributed by atoms with Crippen molar-refractivity contribution in [3.8, 4) is 0 Å². The monoisotopic (exact) mass is 338 g/mol. The molecule has 3 rings (SSSR count). The summed E-state index contributed by atoms with van der Waals surface area (Å²) in [6.45, 7) is 7.40. The van der Waals surface area contributed by atoms with Crippen molar-refractivity contribution in [3.63, 3.8) is 0 Å². The third-order valence-electron chi connectivity index (χ3n) is 4.51. The molecule has 1 aliphatic heterocycles. The van der Waals surface area contributed by atoms with Gasteiger partial charge in [0.2, 0.25) is 0 Å². The number of nitrogens with zero attached hydrogens (tertiary/aromatic N) is 1. The molecule has 0 bridgehead atoms. The van der Waals surface area contributed by atoms with E-state index in [1.165, 1.54) is 0 Å². The molecule has 132 valence electrons. The number of hydrogen-bond donors (Lipinski definition) is 1. The number of ether oxygens (including phenoxy) is 1. The van der Waals surface area contributed by atoms with Gasteiger partial charge in [-0.2, -0.15) is 0 Å². The summed E-state index contributed by atoms with van der Waals surface area (Å²) in [6, 6.07) is 17.7. The van der Waals surface area contributed by atoms with Crippen molar-refractivity contribution < 1.29 is 9.53 Å². The molecule has 0 saturated heterocycles. The van der Waals surface area contributed by atoms with E-state index in [2.05, 4.69) is 36.2 Å². The van der Waals surface area contributed by atoms with Gasteiger partial charge in [0.1, 0.15) is 12.6 Å². The summed E-state index contributed by atoms with van der Waals surface area (Å²) in [6.07, 6.45) is 0.706. The van der Waals surface area contributed by atoms with Crippen LogP contribution in [-0.4, -0.2) is 24.1 Å². The third-order valence-corrected chi connectivity index (χ3v) is 4.51. The van der Waals surface area contributed by atoms with Gasteiger partial charge in [0.25, 0.3) is 0 Å². The number of rotatable bonds is 5. The molecule has 0 spiro atoms. The standard InChI is InChI=1S/C21H26N2O2/c1-4-18(20(24)25-14-16-10-6-5-7-11-16)23-15-21(2,3)22-17-12-8-9-13-19(17)23/h5-13,18,22H,4,14-15H2,1-3H3. The smallest absolute Gasteiger partial charge is 0.329 e. The van der Waals surface area contributed by atoms with Gasteiger partial charge in [0.05, 0.1) is 11.4 Å². The second-order valence-corrected chi connectivity index (χ2v) is 7.17. The maximum Gasteiger partial charge on any atom is 0.329 e. The van der Waals surface area contributed by atoms with Crippen molar-refractivity contribution in [2.75, 3.05) is 16.8 Å². The van der Waals surface area contributed by atoms with Crippen LogP contribution in [0.3, 0.4) is 0 Å². The molecule has 2 aromatic rings. The van der Waals surface area contributed by atoms with E-state index in [0.29, 0.717) is 13.0 Å². The molecule has 0 aliphatic carbocycles. The predicted octanol–water partition coefficient (Wildman–Crippen LogP) is 4.22. The highest BCUT2D eigenvalue weighted by Gasteiger charge is 2.36.